The Morgan fingerprint density at radius 2 is 1.52 bits per heavy atom. The molecule has 11 heteroatoms. The second-order valence-corrected chi connectivity index (χ2v) is 12.8. The Kier molecular flexibility index (Phi) is 10.9. The van der Waals surface area contributed by atoms with E-state index in [2.05, 4.69) is 5.32 Å². The van der Waals surface area contributed by atoms with Crippen LogP contribution in [0.1, 0.15) is 38.3 Å². The van der Waals surface area contributed by atoms with Crippen LogP contribution >= 0.6 is 34.8 Å². The Labute approximate surface area is 251 Å². The molecule has 0 spiro atoms. The van der Waals surface area contributed by atoms with E-state index >= 15 is 0 Å². The van der Waals surface area contributed by atoms with Crippen molar-refractivity contribution in [2.75, 3.05) is 10.8 Å². The Morgan fingerprint density at radius 3 is 2.08 bits per heavy atom. The van der Waals surface area contributed by atoms with E-state index in [0.717, 1.165) is 9.87 Å². The predicted octanol–water partition coefficient (Wildman–Crippen LogP) is 6.48. The van der Waals surface area contributed by atoms with E-state index in [1.807, 2.05) is 20.8 Å². The van der Waals surface area contributed by atoms with Gasteiger partial charge in [-0.1, -0.05) is 65.5 Å². The summed E-state index contributed by atoms with van der Waals surface area (Å²) in [5.41, 5.74) is 1.79. The standard InChI is InChI=1S/C29H32Cl3N3O4S/c1-5-27(29(37)33-19(2)3)34(17-21-8-15-25(31)26(32)16-21)28(36)18-35(23-11-9-22(30)10-12-23)40(38,39)24-13-6-20(4)7-14-24/h6-16,19,27H,5,17-18H2,1-4H3,(H,33,37)/t27-/m0/s1. The lowest BCUT2D eigenvalue weighted by Crippen LogP contribution is -2.53. The number of aryl methyl sites for hydroxylation is 1. The zero-order valence-corrected chi connectivity index (χ0v) is 25.8. The van der Waals surface area contributed by atoms with Gasteiger partial charge in [0, 0.05) is 17.6 Å². The van der Waals surface area contributed by atoms with Crippen LogP contribution in [0.15, 0.2) is 71.6 Å². The van der Waals surface area contributed by atoms with E-state index in [1.165, 1.54) is 29.2 Å². The molecule has 1 N–H and O–H groups in total. The van der Waals surface area contributed by atoms with E-state index in [-0.39, 0.29) is 29.1 Å². The fourth-order valence-electron chi connectivity index (χ4n) is 4.11. The van der Waals surface area contributed by atoms with Crippen molar-refractivity contribution in [3.63, 3.8) is 0 Å². The largest absolute Gasteiger partial charge is 0.352 e. The molecule has 214 valence electrons. The summed E-state index contributed by atoms with van der Waals surface area (Å²) in [4.78, 5) is 28.6. The average molecular weight is 625 g/mol. The number of rotatable bonds is 11. The van der Waals surface area contributed by atoms with Gasteiger partial charge in [-0.2, -0.15) is 0 Å². The lowest BCUT2D eigenvalue weighted by molar-refractivity contribution is -0.140. The lowest BCUT2D eigenvalue weighted by Gasteiger charge is -2.33. The summed E-state index contributed by atoms with van der Waals surface area (Å²) in [6.07, 6.45) is 0.303. The summed E-state index contributed by atoms with van der Waals surface area (Å²) >= 11 is 18.4. The smallest absolute Gasteiger partial charge is 0.264 e. The first-order valence-corrected chi connectivity index (χ1v) is 15.3. The molecule has 7 nitrogen and oxygen atoms in total. The van der Waals surface area contributed by atoms with Gasteiger partial charge < -0.3 is 10.2 Å². The highest BCUT2D eigenvalue weighted by atomic mass is 35.5. The number of anilines is 1. The number of halogens is 3. The number of nitrogens with zero attached hydrogens (tertiary/aromatic N) is 2. The van der Waals surface area contributed by atoms with Crippen LogP contribution < -0.4 is 9.62 Å². The first kappa shape index (κ1) is 31.7. The fraction of sp³-hybridized carbons (Fsp3) is 0.310. The van der Waals surface area contributed by atoms with Crippen molar-refractivity contribution < 1.29 is 18.0 Å². The topological polar surface area (TPSA) is 86.8 Å². The summed E-state index contributed by atoms with van der Waals surface area (Å²) in [5.74, 6) is -0.909. The van der Waals surface area contributed by atoms with Crippen molar-refractivity contribution in [1.82, 2.24) is 10.2 Å². The highest BCUT2D eigenvalue weighted by molar-refractivity contribution is 7.92. The average Bonchev–Trinajstić information content (AvgIpc) is 2.89. The van der Waals surface area contributed by atoms with Gasteiger partial charge in [-0.25, -0.2) is 8.42 Å². The molecular formula is C29H32Cl3N3O4S. The minimum Gasteiger partial charge on any atom is -0.352 e. The maximum Gasteiger partial charge on any atom is 0.264 e. The maximum atomic E-state index is 14.0. The normalized spacial score (nSPS) is 12.2. The molecule has 0 unspecified atom stereocenters. The van der Waals surface area contributed by atoms with E-state index < -0.39 is 28.5 Å². The van der Waals surface area contributed by atoms with Crippen molar-refractivity contribution in [3.8, 4) is 0 Å². The molecule has 0 heterocycles. The maximum absolute atomic E-state index is 14.0. The van der Waals surface area contributed by atoms with Gasteiger partial charge in [0.2, 0.25) is 11.8 Å². The number of benzene rings is 3. The van der Waals surface area contributed by atoms with Crippen molar-refractivity contribution >= 4 is 62.3 Å². The van der Waals surface area contributed by atoms with Crippen LogP contribution in [0.25, 0.3) is 0 Å². The van der Waals surface area contributed by atoms with Crippen LogP contribution in [0, 0.1) is 6.92 Å². The summed E-state index contributed by atoms with van der Waals surface area (Å²) in [6, 6.07) is 16.5. The number of hydrogen-bond donors (Lipinski definition) is 1. The minimum atomic E-state index is -4.17. The van der Waals surface area contributed by atoms with Crippen LogP contribution in [-0.4, -0.2) is 43.8 Å². The number of sulfonamides is 1. The Morgan fingerprint density at radius 1 is 0.900 bits per heavy atom. The van der Waals surface area contributed by atoms with Gasteiger partial charge in [-0.3, -0.25) is 13.9 Å². The van der Waals surface area contributed by atoms with E-state index in [4.69, 9.17) is 34.8 Å². The molecule has 0 radical (unpaired) electrons. The Bertz CT molecular complexity index is 1450. The molecule has 3 aromatic carbocycles. The van der Waals surface area contributed by atoms with Crippen LogP contribution in [0.4, 0.5) is 5.69 Å². The van der Waals surface area contributed by atoms with Crippen LogP contribution in [0.2, 0.25) is 15.1 Å². The number of carbonyl (C=O) groups is 2. The molecule has 3 aromatic rings. The van der Waals surface area contributed by atoms with E-state index in [9.17, 15) is 18.0 Å². The van der Waals surface area contributed by atoms with Crippen molar-refractivity contribution in [2.45, 2.75) is 57.6 Å². The van der Waals surface area contributed by atoms with Crippen molar-refractivity contribution in [3.05, 3.63) is 92.9 Å². The third-order valence-corrected chi connectivity index (χ3v) is 8.94. The zero-order valence-electron chi connectivity index (χ0n) is 22.7. The SMILES string of the molecule is CC[C@@H](C(=O)NC(C)C)N(Cc1ccc(Cl)c(Cl)c1)C(=O)CN(c1ccc(Cl)cc1)S(=O)(=O)c1ccc(C)cc1. The quantitative estimate of drug-likeness (QED) is 0.265. The van der Waals surface area contributed by atoms with Gasteiger partial charge in [0.1, 0.15) is 12.6 Å². The third kappa shape index (κ3) is 7.91. The Balaban J connectivity index is 2.07. The molecule has 0 aromatic heterocycles. The van der Waals surface area contributed by atoms with E-state index in [1.54, 1.807) is 49.4 Å². The molecule has 0 fully saturated rings. The number of hydrogen-bond acceptors (Lipinski definition) is 4. The number of nitrogens with one attached hydrogen (secondary N) is 1. The number of amides is 2. The Hall–Kier alpha value is -2.78. The first-order chi connectivity index (χ1) is 18.8. The molecule has 0 saturated carbocycles. The molecule has 0 aliphatic carbocycles. The highest BCUT2D eigenvalue weighted by Crippen LogP contribution is 2.27. The van der Waals surface area contributed by atoms with Crippen molar-refractivity contribution in [2.24, 2.45) is 0 Å². The molecule has 40 heavy (non-hydrogen) atoms. The zero-order chi connectivity index (χ0) is 29.6. The molecule has 0 bridgehead atoms. The van der Waals surface area contributed by atoms with Gasteiger partial charge in [-0.15, -0.1) is 0 Å². The van der Waals surface area contributed by atoms with E-state index in [0.29, 0.717) is 27.1 Å². The fourth-order valence-corrected chi connectivity index (χ4v) is 5.97. The highest BCUT2D eigenvalue weighted by Gasteiger charge is 2.34. The summed E-state index contributed by atoms with van der Waals surface area (Å²) in [7, 11) is -4.17. The van der Waals surface area contributed by atoms with Gasteiger partial charge in [0.05, 0.1) is 20.6 Å². The number of carbonyl (C=O) groups excluding carboxylic acids is 2. The third-order valence-electron chi connectivity index (χ3n) is 6.16. The molecule has 0 aliphatic rings. The second kappa shape index (κ2) is 13.7. The lowest BCUT2D eigenvalue weighted by atomic mass is 10.1. The minimum absolute atomic E-state index is 0.0127. The van der Waals surface area contributed by atoms with Crippen LogP contribution in [-0.2, 0) is 26.2 Å². The summed E-state index contributed by atoms with van der Waals surface area (Å²) in [5, 5.41) is 3.93. The summed E-state index contributed by atoms with van der Waals surface area (Å²) in [6.45, 7) is 6.76. The molecule has 0 aliphatic heterocycles. The molecule has 3 rings (SSSR count). The molecule has 2 amide bonds. The molecule has 1 atom stereocenters. The summed E-state index contributed by atoms with van der Waals surface area (Å²) < 4.78 is 28.7. The van der Waals surface area contributed by atoms with Gasteiger partial charge in [-0.05, 0) is 81.3 Å². The van der Waals surface area contributed by atoms with Gasteiger partial charge in [0.15, 0.2) is 0 Å². The van der Waals surface area contributed by atoms with Gasteiger partial charge >= 0.3 is 0 Å². The van der Waals surface area contributed by atoms with Crippen molar-refractivity contribution in [1.29, 1.82) is 0 Å². The van der Waals surface area contributed by atoms with Gasteiger partial charge in [0.25, 0.3) is 10.0 Å². The predicted molar refractivity (Wildman–Crippen MR) is 162 cm³/mol. The second-order valence-electron chi connectivity index (χ2n) is 9.66. The molecule has 0 saturated heterocycles. The van der Waals surface area contributed by atoms with Crippen LogP contribution in [0.3, 0.4) is 0 Å². The first-order valence-electron chi connectivity index (χ1n) is 12.7. The monoisotopic (exact) mass is 623 g/mol. The molecular weight excluding hydrogens is 593 g/mol. The van der Waals surface area contributed by atoms with Crippen LogP contribution in [0.5, 0.6) is 0 Å².